The molecular weight excluding hydrogens is 705 g/mol. The van der Waals surface area contributed by atoms with Crippen molar-refractivity contribution in [3.05, 3.63) is 118 Å². The number of hydrogen-bond donors (Lipinski definition) is 3. The lowest BCUT2D eigenvalue weighted by molar-refractivity contribution is -0.00425. The van der Waals surface area contributed by atoms with Gasteiger partial charge in [-0.2, -0.15) is 5.10 Å². The second kappa shape index (κ2) is 14.0. The molecule has 0 saturated carbocycles. The van der Waals surface area contributed by atoms with Crippen LogP contribution < -0.4 is 26.2 Å². The van der Waals surface area contributed by atoms with Gasteiger partial charge in [-0.25, -0.2) is 23.4 Å². The van der Waals surface area contributed by atoms with Gasteiger partial charge in [-0.05, 0) is 55.3 Å². The molecule has 0 unspecified atom stereocenters. The van der Waals surface area contributed by atoms with Crippen molar-refractivity contribution >= 4 is 44.8 Å². The fourth-order valence-electron chi connectivity index (χ4n) is 7.08. The van der Waals surface area contributed by atoms with Gasteiger partial charge in [-0.3, -0.25) is 14.2 Å². The normalized spacial score (nSPS) is 17.0. The minimum absolute atomic E-state index is 0.0341. The van der Waals surface area contributed by atoms with Crippen molar-refractivity contribution in [2.75, 3.05) is 43.4 Å². The van der Waals surface area contributed by atoms with E-state index in [2.05, 4.69) is 30.2 Å². The van der Waals surface area contributed by atoms with Crippen LogP contribution in [-0.2, 0) is 12.1 Å². The predicted molar refractivity (Wildman–Crippen MR) is 196 cm³/mol. The Morgan fingerprint density at radius 3 is 2.72 bits per heavy atom. The second-order valence-electron chi connectivity index (χ2n) is 13.2. The van der Waals surface area contributed by atoms with Gasteiger partial charge in [-0.1, -0.05) is 24.3 Å². The number of para-hydroxylation sites is 1. The number of carbonyl (C=O) groups excluding carboxylic acids is 1. The van der Waals surface area contributed by atoms with E-state index in [0.29, 0.717) is 65.9 Å². The molecule has 0 bridgehead atoms. The van der Waals surface area contributed by atoms with Crippen molar-refractivity contribution in [3.8, 4) is 11.4 Å². The minimum Gasteiger partial charge on any atom is -0.490 e. The molecule has 6 aromatic rings. The van der Waals surface area contributed by atoms with Crippen LogP contribution >= 0.6 is 11.3 Å². The van der Waals surface area contributed by atoms with Crippen LogP contribution in [0.2, 0.25) is 0 Å². The Kier molecular flexibility index (Phi) is 9.10. The van der Waals surface area contributed by atoms with Crippen LogP contribution in [0, 0.1) is 11.6 Å². The minimum atomic E-state index is -1.70. The zero-order valence-corrected chi connectivity index (χ0v) is 29.2. The average molecular weight is 740 g/mol. The van der Waals surface area contributed by atoms with Gasteiger partial charge in [-0.15, -0.1) is 11.3 Å². The number of nitrogens with one attached hydrogen (secondary N) is 1. The molecule has 272 valence electrons. The zero-order chi connectivity index (χ0) is 36.7. The fraction of sp³-hybridized carbons (Fsp3) is 0.270. The van der Waals surface area contributed by atoms with Gasteiger partial charge in [0.1, 0.15) is 47.1 Å². The Hall–Kier alpha value is -5.71. The molecule has 2 aliphatic heterocycles. The number of nitrogens with zero attached hydrogens (tertiary/aromatic N) is 7. The van der Waals surface area contributed by atoms with E-state index in [-0.39, 0.29) is 36.3 Å². The molecule has 3 aromatic carbocycles. The molecule has 2 aliphatic rings. The molecule has 0 spiro atoms. The number of aliphatic hydroxyl groups is 1. The van der Waals surface area contributed by atoms with Gasteiger partial charge in [0.2, 0.25) is 0 Å². The summed E-state index contributed by atoms with van der Waals surface area (Å²) in [5.41, 5.74) is 6.69. The van der Waals surface area contributed by atoms with E-state index in [1.54, 1.807) is 12.1 Å². The lowest BCUT2D eigenvalue weighted by atomic mass is 9.89. The van der Waals surface area contributed by atoms with Crippen molar-refractivity contribution in [2.24, 2.45) is 0 Å². The summed E-state index contributed by atoms with van der Waals surface area (Å²) in [6.45, 7) is 2.55. The first-order chi connectivity index (χ1) is 25.6. The fourth-order valence-corrected chi connectivity index (χ4v) is 8.01. The highest BCUT2D eigenvalue weighted by Gasteiger charge is 2.35. The standard InChI is InChI=1S/C37H35F2N9O4S/c38-23-6-8-27(28(39)16-23)37(51,20-46-22-41-21-42-46)11-13-45-12-10-24(19-45)43-34(49)32-18-30-35(53-32)44-33(40)36(50)48(30)26-7-9-31-29(17-26)47(14-15-52-31)25-4-2-1-3-5-25/h1-9,16-18,21-22,24,51H,10-15,19-20H2,(H2,40,44)(H,43,49)/t24-,37-/m1/s1. The molecule has 53 heavy (non-hydrogen) atoms. The van der Waals surface area contributed by atoms with Crippen molar-refractivity contribution in [2.45, 2.75) is 31.0 Å². The van der Waals surface area contributed by atoms with Gasteiger partial charge in [0.25, 0.3) is 11.5 Å². The number of hydrogen-bond acceptors (Lipinski definition) is 11. The topological polar surface area (TPSA) is 157 Å². The summed E-state index contributed by atoms with van der Waals surface area (Å²) in [6.07, 6.45) is 3.51. The Morgan fingerprint density at radius 1 is 1.08 bits per heavy atom. The number of rotatable bonds is 10. The summed E-state index contributed by atoms with van der Waals surface area (Å²) in [7, 11) is 0. The van der Waals surface area contributed by atoms with Crippen LogP contribution in [0.15, 0.2) is 90.2 Å². The van der Waals surface area contributed by atoms with Gasteiger partial charge >= 0.3 is 0 Å². The van der Waals surface area contributed by atoms with Crippen molar-refractivity contribution in [1.29, 1.82) is 0 Å². The van der Waals surface area contributed by atoms with Gasteiger partial charge in [0, 0.05) is 43.0 Å². The Labute approximate surface area is 305 Å². The second-order valence-corrected chi connectivity index (χ2v) is 14.2. The van der Waals surface area contributed by atoms with E-state index < -0.39 is 22.8 Å². The monoisotopic (exact) mass is 739 g/mol. The smallest absolute Gasteiger partial charge is 0.298 e. The Bertz CT molecular complexity index is 2350. The summed E-state index contributed by atoms with van der Waals surface area (Å²) >= 11 is 1.14. The number of ether oxygens (including phenoxy) is 1. The molecule has 4 N–H and O–H groups in total. The van der Waals surface area contributed by atoms with Crippen molar-refractivity contribution in [1.82, 2.24) is 34.5 Å². The summed E-state index contributed by atoms with van der Waals surface area (Å²) in [4.78, 5) is 40.4. The number of aromatic nitrogens is 5. The maximum atomic E-state index is 14.9. The molecule has 3 aromatic heterocycles. The SMILES string of the molecule is Nc1nc2sc(C(=O)N[C@@H]3CCN(CC[C@@](O)(Cn4cncn4)c4ccc(F)cc4F)C3)cc2n(-c2ccc3c(c2)N(c2ccccc2)CCO3)c1=O. The quantitative estimate of drug-likeness (QED) is 0.186. The summed E-state index contributed by atoms with van der Waals surface area (Å²) in [5.74, 6) is -1.40. The predicted octanol–water partition coefficient (Wildman–Crippen LogP) is 4.21. The highest BCUT2D eigenvalue weighted by Crippen LogP contribution is 2.39. The Balaban J connectivity index is 0.990. The van der Waals surface area contributed by atoms with Crippen LogP contribution in [0.25, 0.3) is 16.0 Å². The van der Waals surface area contributed by atoms with Crippen LogP contribution in [-0.4, -0.2) is 79.1 Å². The van der Waals surface area contributed by atoms with Crippen molar-refractivity contribution in [3.63, 3.8) is 0 Å². The molecule has 0 radical (unpaired) electrons. The number of amides is 1. The van der Waals surface area contributed by atoms with E-state index in [9.17, 15) is 23.5 Å². The first-order valence-corrected chi connectivity index (χ1v) is 17.9. The van der Waals surface area contributed by atoms with E-state index in [4.69, 9.17) is 10.5 Å². The van der Waals surface area contributed by atoms with E-state index in [1.165, 1.54) is 28.0 Å². The summed E-state index contributed by atoms with van der Waals surface area (Å²) in [6, 6.07) is 20.0. The highest BCUT2D eigenvalue weighted by molar-refractivity contribution is 7.20. The summed E-state index contributed by atoms with van der Waals surface area (Å²) < 4.78 is 37.4. The molecular formula is C37H35F2N9O4S. The lowest BCUT2D eigenvalue weighted by Gasteiger charge is -2.31. The average Bonchev–Trinajstić information content (AvgIpc) is 3.93. The Morgan fingerprint density at radius 2 is 1.92 bits per heavy atom. The van der Waals surface area contributed by atoms with E-state index in [0.717, 1.165) is 34.8 Å². The molecule has 8 rings (SSSR count). The third kappa shape index (κ3) is 6.83. The number of nitrogens with two attached hydrogens (primary N) is 1. The first-order valence-electron chi connectivity index (χ1n) is 17.1. The maximum absolute atomic E-state index is 14.9. The lowest BCUT2D eigenvalue weighted by Crippen LogP contribution is -2.39. The van der Waals surface area contributed by atoms with Gasteiger partial charge in [0.15, 0.2) is 5.82 Å². The van der Waals surface area contributed by atoms with E-state index >= 15 is 0 Å². The van der Waals surface area contributed by atoms with Crippen LogP contribution in [0.3, 0.4) is 0 Å². The molecule has 1 saturated heterocycles. The number of thiophene rings is 1. The number of likely N-dealkylation sites (tertiary alicyclic amines) is 1. The van der Waals surface area contributed by atoms with Gasteiger partial charge < -0.3 is 30.7 Å². The largest absolute Gasteiger partial charge is 0.490 e. The van der Waals surface area contributed by atoms with E-state index in [1.807, 2.05) is 42.5 Å². The molecule has 1 fully saturated rings. The number of nitrogen functional groups attached to an aromatic ring is 1. The van der Waals surface area contributed by atoms with Crippen LogP contribution in [0.4, 0.5) is 26.0 Å². The highest BCUT2D eigenvalue weighted by atomic mass is 32.1. The van der Waals surface area contributed by atoms with Crippen molar-refractivity contribution < 1.29 is 23.4 Å². The number of halogens is 2. The number of fused-ring (bicyclic) bond motifs is 2. The molecule has 13 nitrogen and oxygen atoms in total. The first kappa shape index (κ1) is 34.4. The molecule has 5 heterocycles. The van der Waals surface area contributed by atoms with Crippen LogP contribution in [0.1, 0.15) is 28.1 Å². The number of benzene rings is 3. The molecule has 16 heteroatoms. The van der Waals surface area contributed by atoms with Crippen LogP contribution in [0.5, 0.6) is 5.75 Å². The molecule has 0 aliphatic carbocycles. The zero-order valence-electron chi connectivity index (χ0n) is 28.4. The molecule has 1 amide bonds. The number of carbonyl (C=O) groups is 1. The summed E-state index contributed by atoms with van der Waals surface area (Å²) in [5, 5.41) is 18.8. The third-order valence-electron chi connectivity index (χ3n) is 9.71. The third-order valence-corrected chi connectivity index (χ3v) is 10.7. The molecule has 2 atom stereocenters. The van der Waals surface area contributed by atoms with Gasteiger partial charge in [0.05, 0.1) is 34.9 Å². The number of anilines is 3. The maximum Gasteiger partial charge on any atom is 0.298 e.